The summed E-state index contributed by atoms with van der Waals surface area (Å²) in [4.78, 5) is 4.15. The molecule has 0 bridgehead atoms. The van der Waals surface area contributed by atoms with Gasteiger partial charge in [0.25, 0.3) is 0 Å². The lowest BCUT2D eigenvalue weighted by Gasteiger charge is -1.99. The number of rotatable bonds is 5. The van der Waals surface area contributed by atoms with Crippen molar-refractivity contribution in [2.75, 3.05) is 7.05 Å². The van der Waals surface area contributed by atoms with Crippen LogP contribution >= 0.6 is 0 Å². The molecule has 0 atom stereocenters. The van der Waals surface area contributed by atoms with Gasteiger partial charge in [0, 0.05) is 7.05 Å². The molecule has 0 aromatic heterocycles. The summed E-state index contributed by atoms with van der Waals surface area (Å²) >= 11 is 0. The average Bonchev–Trinajstić information content (AvgIpc) is 2.16. The molecule has 0 spiro atoms. The molecule has 0 aromatic rings. The SMILES string of the molecule is C=C/C=C(\C=C)C(/C=C\C(=C)C)=NC. The third kappa shape index (κ3) is 4.41. The lowest BCUT2D eigenvalue weighted by atomic mass is 10.1. The lowest BCUT2D eigenvalue weighted by molar-refractivity contribution is 1.43. The highest BCUT2D eigenvalue weighted by atomic mass is 14.7. The summed E-state index contributed by atoms with van der Waals surface area (Å²) < 4.78 is 0. The topological polar surface area (TPSA) is 12.4 Å². The first-order chi connectivity index (χ1) is 6.65. The first kappa shape index (κ1) is 12.4. The Kier molecular flexibility index (Phi) is 6.04. The third-order valence-corrected chi connectivity index (χ3v) is 1.58. The minimum atomic E-state index is 0.878. The fraction of sp³-hybridized carbons (Fsp3) is 0.154. The van der Waals surface area contributed by atoms with Crippen LogP contribution in [0.1, 0.15) is 6.92 Å². The molecule has 0 heterocycles. The van der Waals surface area contributed by atoms with Gasteiger partial charge in [-0.3, -0.25) is 4.99 Å². The zero-order valence-corrected chi connectivity index (χ0v) is 8.96. The smallest absolute Gasteiger partial charge is 0.0643 e. The van der Waals surface area contributed by atoms with E-state index < -0.39 is 0 Å². The molecule has 0 aliphatic rings. The molecule has 0 saturated carbocycles. The molecule has 0 aliphatic heterocycles. The largest absolute Gasteiger partial charge is 0.288 e. The summed E-state index contributed by atoms with van der Waals surface area (Å²) in [5, 5.41) is 0. The number of hydrogen-bond donors (Lipinski definition) is 0. The molecule has 1 nitrogen and oxygen atoms in total. The third-order valence-electron chi connectivity index (χ3n) is 1.58. The van der Waals surface area contributed by atoms with Gasteiger partial charge in [-0.1, -0.05) is 49.6 Å². The summed E-state index contributed by atoms with van der Waals surface area (Å²) in [6.07, 6.45) is 9.18. The summed E-state index contributed by atoms with van der Waals surface area (Å²) in [5.41, 5.74) is 2.83. The molecular formula is C13H17N. The number of aliphatic imine (C=N–C) groups is 1. The lowest BCUT2D eigenvalue weighted by Crippen LogP contribution is -1.96. The van der Waals surface area contributed by atoms with Crippen LogP contribution in [0.3, 0.4) is 0 Å². The molecule has 0 unspecified atom stereocenters. The zero-order valence-electron chi connectivity index (χ0n) is 8.96. The van der Waals surface area contributed by atoms with Crippen molar-refractivity contribution in [1.82, 2.24) is 0 Å². The summed E-state index contributed by atoms with van der Waals surface area (Å²) in [6.45, 7) is 13.1. The quantitative estimate of drug-likeness (QED) is 0.461. The van der Waals surface area contributed by atoms with E-state index in [1.807, 2.05) is 25.2 Å². The van der Waals surface area contributed by atoms with Crippen molar-refractivity contribution in [2.45, 2.75) is 6.92 Å². The standard InChI is InChI=1S/C13H17N/c1-6-8-12(7-2)13(14-5)10-9-11(3)4/h6-10H,1-3H2,4-5H3/b10-9-,12-8+,14-13?. The van der Waals surface area contributed by atoms with Gasteiger partial charge in [0.15, 0.2) is 0 Å². The Morgan fingerprint density at radius 3 is 2.21 bits per heavy atom. The Bertz CT molecular complexity index is 314. The van der Waals surface area contributed by atoms with Gasteiger partial charge in [0.2, 0.25) is 0 Å². The highest BCUT2D eigenvalue weighted by Crippen LogP contribution is 2.03. The van der Waals surface area contributed by atoms with E-state index in [1.54, 1.807) is 19.2 Å². The highest BCUT2D eigenvalue weighted by molar-refractivity contribution is 6.10. The van der Waals surface area contributed by atoms with Crippen LogP contribution < -0.4 is 0 Å². The maximum atomic E-state index is 4.15. The fourth-order valence-electron chi connectivity index (χ4n) is 0.906. The predicted molar refractivity (Wildman–Crippen MR) is 65.8 cm³/mol. The summed E-state index contributed by atoms with van der Waals surface area (Å²) in [7, 11) is 1.75. The predicted octanol–water partition coefficient (Wildman–Crippen LogP) is 3.49. The van der Waals surface area contributed by atoms with Gasteiger partial charge in [0.1, 0.15) is 0 Å². The number of nitrogens with zero attached hydrogens (tertiary/aromatic N) is 1. The molecule has 0 radical (unpaired) electrons. The molecule has 0 fully saturated rings. The molecule has 0 rings (SSSR count). The van der Waals surface area contributed by atoms with Crippen LogP contribution in [0.5, 0.6) is 0 Å². The van der Waals surface area contributed by atoms with Crippen molar-refractivity contribution in [3.63, 3.8) is 0 Å². The minimum absolute atomic E-state index is 0.878. The van der Waals surface area contributed by atoms with Crippen molar-refractivity contribution < 1.29 is 0 Å². The molecule has 0 N–H and O–H groups in total. The Morgan fingerprint density at radius 1 is 1.21 bits per heavy atom. The first-order valence-electron chi connectivity index (χ1n) is 4.41. The van der Waals surface area contributed by atoms with Crippen LogP contribution in [0.2, 0.25) is 0 Å². The van der Waals surface area contributed by atoms with Gasteiger partial charge in [-0.15, -0.1) is 0 Å². The monoisotopic (exact) mass is 187 g/mol. The second-order valence-electron chi connectivity index (χ2n) is 2.85. The van der Waals surface area contributed by atoms with Gasteiger partial charge >= 0.3 is 0 Å². The van der Waals surface area contributed by atoms with E-state index in [0.717, 1.165) is 16.9 Å². The Hall–Kier alpha value is -1.63. The fourth-order valence-corrected chi connectivity index (χ4v) is 0.906. The molecule has 0 aromatic carbocycles. The van der Waals surface area contributed by atoms with Crippen LogP contribution in [-0.2, 0) is 0 Å². The van der Waals surface area contributed by atoms with Gasteiger partial charge in [-0.05, 0) is 18.6 Å². The van der Waals surface area contributed by atoms with Crippen LogP contribution in [-0.4, -0.2) is 12.8 Å². The normalized spacial score (nSPS) is 13.0. The van der Waals surface area contributed by atoms with Crippen LogP contribution in [0.4, 0.5) is 0 Å². The van der Waals surface area contributed by atoms with Gasteiger partial charge in [-0.2, -0.15) is 0 Å². The van der Waals surface area contributed by atoms with Crippen molar-refractivity contribution in [3.05, 3.63) is 61.3 Å². The molecule has 1 heteroatoms. The van der Waals surface area contributed by atoms with E-state index >= 15 is 0 Å². The molecule has 0 aliphatic carbocycles. The van der Waals surface area contributed by atoms with Gasteiger partial charge in [0.05, 0.1) is 5.71 Å². The van der Waals surface area contributed by atoms with E-state index in [1.165, 1.54) is 0 Å². The van der Waals surface area contributed by atoms with E-state index in [2.05, 4.69) is 24.7 Å². The average molecular weight is 187 g/mol. The second kappa shape index (κ2) is 6.84. The van der Waals surface area contributed by atoms with Crippen LogP contribution in [0, 0.1) is 0 Å². The second-order valence-corrected chi connectivity index (χ2v) is 2.85. The Balaban J connectivity index is 4.90. The van der Waals surface area contributed by atoms with Crippen molar-refractivity contribution in [2.24, 2.45) is 4.99 Å². The zero-order chi connectivity index (χ0) is 11.0. The van der Waals surface area contributed by atoms with Crippen molar-refractivity contribution in [3.8, 4) is 0 Å². The molecule has 14 heavy (non-hydrogen) atoms. The maximum absolute atomic E-state index is 4.15. The molecular weight excluding hydrogens is 170 g/mol. The summed E-state index contributed by atoms with van der Waals surface area (Å²) in [6, 6.07) is 0. The first-order valence-corrected chi connectivity index (χ1v) is 4.41. The minimum Gasteiger partial charge on any atom is -0.288 e. The maximum Gasteiger partial charge on any atom is 0.0643 e. The van der Waals surface area contributed by atoms with E-state index in [-0.39, 0.29) is 0 Å². The van der Waals surface area contributed by atoms with E-state index in [0.29, 0.717) is 0 Å². The van der Waals surface area contributed by atoms with E-state index in [9.17, 15) is 0 Å². The van der Waals surface area contributed by atoms with Crippen molar-refractivity contribution in [1.29, 1.82) is 0 Å². The van der Waals surface area contributed by atoms with Crippen LogP contribution in [0.15, 0.2) is 66.3 Å². The Labute approximate surface area is 86.6 Å². The van der Waals surface area contributed by atoms with Gasteiger partial charge < -0.3 is 0 Å². The molecule has 0 saturated heterocycles. The van der Waals surface area contributed by atoms with Crippen molar-refractivity contribution >= 4 is 5.71 Å². The van der Waals surface area contributed by atoms with Crippen LogP contribution in [0.25, 0.3) is 0 Å². The number of hydrogen-bond acceptors (Lipinski definition) is 1. The molecule has 74 valence electrons. The number of allylic oxidation sites excluding steroid dienone is 7. The highest BCUT2D eigenvalue weighted by Gasteiger charge is 1.96. The summed E-state index contributed by atoms with van der Waals surface area (Å²) in [5.74, 6) is 0. The Morgan fingerprint density at radius 2 is 1.86 bits per heavy atom. The van der Waals surface area contributed by atoms with Gasteiger partial charge in [-0.25, -0.2) is 0 Å². The molecule has 0 amide bonds. The van der Waals surface area contributed by atoms with E-state index in [4.69, 9.17) is 0 Å².